The molecule has 0 aliphatic heterocycles. The molecule has 0 fully saturated rings. The summed E-state index contributed by atoms with van der Waals surface area (Å²) in [5, 5.41) is 7.78. The standard InChI is InChI=1S/C4H6F4O4S/c5-1(3(7)9)2(6)4(8)13(10,11)12/h1-4,9H,(H,10,11,12). The Morgan fingerprint density at radius 3 is 1.62 bits per heavy atom. The minimum Gasteiger partial charge on any atom is -0.362 e. The molecule has 13 heavy (non-hydrogen) atoms. The van der Waals surface area contributed by atoms with Crippen molar-refractivity contribution < 1.29 is 35.6 Å². The molecule has 0 bridgehead atoms. The third kappa shape index (κ3) is 3.44. The molecule has 0 aliphatic rings. The summed E-state index contributed by atoms with van der Waals surface area (Å²) in [4.78, 5) is 0. The Balaban J connectivity index is 4.52. The summed E-state index contributed by atoms with van der Waals surface area (Å²) in [5.41, 5.74) is -3.62. The first-order valence-corrected chi connectivity index (χ1v) is 4.39. The van der Waals surface area contributed by atoms with Crippen LogP contribution in [0.2, 0.25) is 0 Å². The number of halogens is 4. The van der Waals surface area contributed by atoms with E-state index in [1.165, 1.54) is 0 Å². The fraction of sp³-hybridized carbons (Fsp3) is 1.00. The molecule has 80 valence electrons. The molecule has 0 rings (SSSR count). The Hall–Kier alpha value is -0.410. The maximum atomic E-state index is 12.2. The molecule has 0 aliphatic carbocycles. The average molecular weight is 226 g/mol. The summed E-state index contributed by atoms with van der Waals surface area (Å²) in [6.45, 7) is 0. The zero-order valence-electron chi connectivity index (χ0n) is 5.94. The highest BCUT2D eigenvalue weighted by Crippen LogP contribution is 2.19. The normalized spacial score (nSPS) is 22.0. The fourth-order valence-corrected chi connectivity index (χ4v) is 0.939. The number of hydrogen-bond donors (Lipinski definition) is 2. The molecule has 2 N–H and O–H groups in total. The number of aliphatic hydroxyl groups is 1. The van der Waals surface area contributed by atoms with Crippen molar-refractivity contribution in [3.8, 4) is 0 Å². The van der Waals surface area contributed by atoms with Crippen LogP contribution < -0.4 is 0 Å². The number of alkyl halides is 4. The molecule has 4 atom stereocenters. The number of aliphatic hydroxyl groups excluding tert-OH is 1. The van der Waals surface area contributed by atoms with Gasteiger partial charge in [0.1, 0.15) is 0 Å². The molecule has 0 saturated heterocycles. The van der Waals surface area contributed by atoms with E-state index in [-0.39, 0.29) is 0 Å². The molecule has 0 saturated carbocycles. The SMILES string of the molecule is O=S(=O)(O)C(F)C(F)C(F)C(O)F. The predicted molar refractivity (Wildman–Crippen MR) is 33.4 cm³/mol. The van der Waals surface area contributed by atoms with Gasteiger partial charge < -0.3 is 5.11 Å². The van der Waals surface area contributed by atoms with Crippen molar-refractivity contribution in [2.45, 2.75) is 24.2 Å². The van der Waals surface area contributed by atoms with Crippen molar-refractivity contribution in [3.05, 3.63) is 0 Å². The monoisotopic (exact) mass is 226 g/mol. The second kappa shape index (κ2) is 4.20. The van der Waals surface area contributed by atoms with E-state index in [0.717, 1.165) is 0 Å². The lowest BCUT2D eigenvalue weighted by atomic mass is 10.2. The Morgan fingerprint density at radius 1 is 1.00 bits per heavy atom. The van der Waals surface area contributed by atoms with Gasteiger partial charge in [-0.05, 0) is 0 Å². The number of hydrogen-bond acceptors (Lipinski definition) is 3. The van der Waals surface area contributed by atoms with Crippen molar-refractivity contribution in [2.24, 2.45) is 0 Å². The molecule has 4 unspecified atom stereocenters. The van der Waals surface area contributed by atoms with Gasteiger partial charge >= 0.3 is 10.1 Å². The summed E-state index contributed by atoms with van der Waals surface area (Å²) < 4.78 is 75.7. The van der Waals surface area contributed by atoms with E-state index >= 15 is 0 Å². The van der Waals surface area contributed by atoms with Crippen molar-refractivity contribution in [1.29, 1.82) is 0 Å². The maximum Gasteiger partial charge on any atom is 0.300 e. The minimum atomic E-state index is -5.44. The van der Waals surface area contributed by atoms with E-state index in [1.807, 2.05) is 0 Å². The third-order valence-corrected chi connectivity index (χ3v) is 1.93. The van der Waals surface area contributed by atoms with Gasteiger partial charge in [0, 0.05) is 0 Å². The van der Waals surface area contributed by atoms with Crippen LogP contribution in [0.3, 0.4) is 0 Å². The highest BCUT2D eigenvalue weighted by atomic mass is 32.2. The first kappa shape index (κ1) is 12.6. The molecule has 0 amide bonds. The van der Waals surface area contributed by atoms with Crippen molar-refractivity contribution in [2.75, 3.05) is 0 Å². The first-order chi connectivity index (χ1) is 5.68. The van der Waals surface area contributed by atoms with E-state index < -0.39 is 34.3 Å². The van der Waals surface area contributed by atoms with Crippen LogP contribution in [0.1, 0.15) is 0 Å². The minimum absolute atomic E-state index is 3.35. The summed E-state index contributed by atoms with van der Waals surface area (Å²) in [5.74, 6) is 0. The molecule has 0 aromatic heterocycles. The smallest absolute Gasteiger partial charge is 0.300 e. The van der Waals surface area contributed by atoms with Gasteiger partial charge in [-0.3, -0.25) is 4.55 Å². The molecule has 0 aromatic rings. The Morgan fingerprint density at radius 2 is 1.38 bits per heavy atom. The third-order valence-electron chi connectivity index (χ3n) is 1.10. The van der Waals surface area contributed by atoms with Gasteiger partial charge in [0.25, 0.3) is 5.50 Å². The lowest BCUT2D eigenvalue weighted by Gasteiger charge is -2.15. The molecular formula is C4H6F4O4S. The quantitative estimate of drug-likeness (QED) is 0.528. The van der Waals surface area contributed by atoms with Crippen LogP contribution in [0.5, 0.6) is 0 Å². The Kier molecular flexibility index (Phi) is 4.07. The van der Waals surface area contributed by atoms with Gasteiger partial charge in [-0.1, -0.05) is 0 Å². The van der Waals surface area contributed by atoms with Crippen LogP contribution >= 0.6 is 0 Å². The van der Waals surface area contributed by atoms with Crippen LogP contribution in [-0.2, 0) is 10.1 Å². The lowest BCUT2D eigenvalue weighted by Crippen LogP contribution is -2.38. The second-order valence-electron chi connectivity index (χ2n) is 2.13. The largest absolute Gasteiger partial charge is 0.362 e. The summed E-state index contributed by atoms with van der Waals surface area (Å²) >= 11 is 0. The average Bonchev–Trinajstić information content (AvgIpc) is 1.98. The molecule has 9 heteroatoms. The summed E-state index contributed by atoms with van der Waals surface area (Å²) in [6.07, 6.45) is -10.2. The van der Waals surface area contributed by atoms with Crippen molar-refractivity contribution >= 4 is 10.1 Å². The molecule has 0 heterocycles. The van der Waals surface area contributed by atoms with Crippen LogP contribution in [0.25, 0.3) is 0 Å². The zero-order chi connectivity index (χ0) is 10.8. The lowest BCUT2D eigenvalue weighted by molar-refractivity contribution is -0.0649. The van der Waals surface area contributed by atoms with Gasteiger partial charge in [0.2, 0.25) is 6.36 Å². The van der Waals surface area contributed by atoms with Crippen molar-refractivity contribution in [1.82, 2.24) is 0 Å². The Labute approximate surface area is 70.9 Å². The van der Waals surface area contributed by atoms with Crippen molar-refractivity contribution in [3.63, 3.8) is 0 Å². The van der Waals surface area contributed by atoms with Crippen LogP contribution in [0.4, 0.5) is 17.6 Å². The zero-order valence-corrected chi connectivity index (χ0v) is 6.76. The maximum absolute atomic E-state index is 12.2. The van der Waals surface area contributed by atoms with E-state index in [4.69, 9.17) is 9.66 Å². The van der Waals surface area contributed by atoms with Crippen LogP contribution in [0, 0.1) is 0 Å². The first-order valence-electron chi connectivity index (χ1n) is 2.88. The number of rotatable bonds is 4. The van der Waals surface area contributed by atoms with Gasteiger partial charge in [-0.25, -0.2) is 17.6 Å². The van der Waals surface area contributed by atoms with Gasteiger partial charge in [0.15, 0.2) is 12.3 Å². The predicted octanol–water partition coefficient (Wildman–Crippen LogP) is 0.134. The van der Waals surface area contributed by atoms with E-state index in [2.05, 4.69) is 0 Å². The topological polar surface area (TPSA) is 74.6 Å². The van der Waals surface area contributed by atoms with E-state index in [9.17, 15) is 26.0 Å². The van der Waals surface area contributed by atoms with Crippen LogP contribution in [-0.4, -0.2) is 42.3 Å². The van der Waals surface area contributed by atoms with E-state index in [1.54, 1.807) is 0 Å². The van der Waals surface area contributed by atoms with Gasteiger partial charge in [-0.15, -0.1) is 0 Å². The summed E-state index contributed by atoms with van der Waals surface area (Å²) in [6, 6.07) is 0. The highest BCUT2D eigenvalue weighted by molar-refractivity contribution is 7.86. The molecule has 0 aromatic carbocycles. The second-order valence-corrected chi connectivity index (χ2v) is 3.61. The molecular weight excluding hydrogens is 220 g/mol. The van der Waals surface area contributed by atoms with Gasteiger partial charge in [-0.2, -0.15) is 8.42 Å². The fourth-order valence-electron chi connectivity index (χ4n) is 0.461. The van der Waals surface area contributed by atoms with Gasteiger partial charge in [0.05, 0.1) is 0 Å². The molecule has 0 spiro atoms. The van der Waals surface area contributed by atoms with E-state index in [0.29, 0.717) is 0 Å². The Bertz CT molecular complexity index is 253. The highest BCUT2D eigenvalue weighted by Gasteiger charge is 2.41. The van der Waals surface area contributed by atoms with Crippen LogP contribution in [0.15, 0.2) is 0 Å². The molecule has 0 radical (unpaired) electrons. The molecule has 4 nitrogen and oxygen atoms in total. The summed E-state index contributed by atoms with van der Waals surface area (Å²) in [7, 11) is -5.44.